The van der Waals surface area contributed by atoms with Gasteiger partial charge in [-0.15, -0.1) is 0 Å². The Morgan fingerprint density at radius 2 is 1.95 bits per heavy atom. The Morgan fingerprint density at radius 3 is 2.60 bits per heavy atom. The van der Waals surface area contributed by atoms with Gasteiger partial charge in [-0.3, -0.25) is 4.79 Å². The van der Waals surface area contributed by atoms with Gasteiger partial charge in [0.15, 0.2) is 5.43 Å². The van der Waals surface area contributed by atoms with Crippen LogP contribution in [0.1, 0.15) is 11.1 Å². The van der Waals surface area contributed by atoms with E-state index < -0.39 is 11.8 Å². The Bertz CT molecular complexity index is 699. The number of hydrogen-bond donors (Lipinski definition) is 1. The van der Waals surface area contributed by atoms with Crippen molar-refractivity contribution in [2.24, 2.45) is 0 Å². The first-order chi connectivity index (χ1) is 9.54. The number of benzene rings is 1. The zero-order valence-corrected chi connectivity index (χ0v) is 10.5. The molecule has 0 bridgehead atoms. The summed E-state index contributed by atoms with van der Waals surface area (Å²) in [6.45, 7) is 0.467. The number of carbonyl (C=O) groups is 1. The average Bonchev–Trinajstić information content (AvgIpc) is 2.42. The highest BCUT2D eigenvalue weighted by molar-refractivity contribution is 5.85. The van der Waals surface area contributed by atoms with E-state index in [1.807, 2.05) is 0 Å². The highest BCUT2D eigenvalue weighted by Crippen LogP contribution is 2.13. The fourth-order valence-corrected chi connectivity index (χ4v) is 1.74. The lowest BCUT2D eigenvalue weighted by molar-refractivity contribution is -0.131. The van der Waals surface area contributed by atoms with E-state index in [1.165, 1.54) is 24.3 Å². The molecule has 0 aliphatic carbocycles. The van der Waals surface area contributed by atoms with Crippen LogP contribution >= 0.6 is 0 Å². The second kappa shape index (κ2) is 5.97. The Kier molecular flexibility index (Phi) is 4.10. The van der Waals surface area contributed by atoms with Gasteiger partial charge in [-0.2, -0.15) is 0 Å². The number of pyridine rings is 1. The fourth-order valence-electron chi connectivity index (χ4n) is 1.74. The SMILES string of the molecule is O=C(O)C=Cc1cc(Cn2ccc(=O)cc2)ccc1F. The fraction of sp³-hybridized carbons (Fsp3) is 0.0667. The zero-order chi connectivity index (χ0) is 14.5. The van der Waals surface area contributed by atoms with Crippen LogP contribution in [0, 0.1) is 5.82 Å². The number of rotatable bonds is 4. The summed E-state index contributed by atoms with van der Waals surface area (Å²) in [7, 11) is 0. The van der Waals surface area contributed by atoms with Gasteiger partial charge in [-0.25, -0.2) is 9.18 Å². The van der Waals surface area contributed by atoms with Gasteiger partial charge < -0.3 is 9.67 Å². The van der Waals surface area contributed by atoms with Crippen molar-refractivity contribution >= 4 is 12.0 Å². The molecule has 1 heterocycles. The number of nitrogens with zero attached hydrogens (tertiary/aromatic N) is 1. The first-order valence-electron chi connectivity index (χ1n) is 5.90. The number of carboxylic acids is 1. The molecule has 1 aromatic carbocycles. The third kappa shape index (κ3) is 3.65. The van der Waals surface area contributed by atoms with E-state index in [1.54, 1.807) is 29.1 Å². The van der Waals surface area contributed by atoms with Gasteiger partial charge in [0, 0.05) is 42.7 Å². The van der Waals surface area contributed by atoms with Crippen LogP contribution in [0.25, 0.3) is 6.08 Å². The van der Waals surface area contributed by atoms with Crippen LogP contribution in [0.4, 0.5) is 4.39 Å². The van der Waals surface area contributed by atoms with Crippen molar-refractivity contribution in [3.05, 3.63) is 76.0 Å². The smallest absolute Gasteiger partial charge is 0.328 e. The second-order valence-electron chi connectivity index (χ2n) is 4.23. The molecule has 1 aromatic heterocycles. The van der Waals surface area contributed by atoms with Crippen molar-refractivity contribution in [3.63, 3.8) is 0 Å². The van der Waals surface area contributed by atoms with Crippen molar-refractivity contribution in [1.29, 1.82) is 0 Å². The summed E-state index contributed by atoms with van der Waals surface area (Å²) in [5.74, 6) is -1.61. The van der Waals surface area contributed by atoms with Crippen LogP contribution in [0.5, 0.6) is 0 Å². The largest absolute Gasteiger partial charge is 0.478 e. The molecule has 0 aliphatic heterocycles. The Labute approximate surface area is 114 Å². The molecule has 0 amide bonds. The minimum Gasteiger partial charge on any atom is -0.478 e. The van der Waals surface area contributed by atoms with E-state index in [9.17, 15) is 14.0 Å². The van der Waals surface area contributed by atoms with Crippen LogP contribution in [-0.4, -0.2) is 15.6 Å². The van der Waals surface area contributed by atoms with Crippen molar-refractivity contribution in [2.45, 2.75) is 6.54 Å². The standard InChI is InChI=1S/C15H12FNO3/c16-14-3-1-11(9-12(14)2-4-15(19)20)10-17-7-5-13(18)6-8-17/h1-9H,10H2,(H,19,20). The number of carboxylic acid groups (broad SMARTS) is 1. The van der Waals surface area contributed by atoms with E-state index in [4.69, 9.17) is 5.11 Å². The number of aromatic nitrogens is 1. The highest BCUT2D eigenvalue weighted by Gasteiger charge is 2.02. The molecule has 0 radical (unpaired) electrons. The van der Waals surface area contributed by atoms with Crippen molar-refractivity contribution in [1.82, 2.24) is 4.57 Å². The average molecular weight is 273 g/mol. The van der Waals surface area contributed by atoms with Crippen LogP contribution in [0.3, 0.4) is 0 Å². The lowest BCUT2D eigenvalue weighted by Gasteiger charge is -2.07. The highest BCUT2D eigenvalue weighted by atomic mass is 19.1. The minimum absolute atomic E-state index is 0.0783. The molecular weight excluding hydrogens is 261 g/mol. The summed E-state index contributed by atoms with van der Waals surface area (Å²) < 4.78 is 15.3. The minimum atomic E-state index is -1.13. The van der Waals surface area contributed by atoms with Crippen LogP contribution in [-0.2, 0) is 11.3 Å². The molecule has 1 N–H and O–H groups in total. The zero-order valence-electron chi connectivity index (χ0n) is 10.5. The molecule has 0 unspecified atom stereocenters. The summed E-state index contributed by atoms with van der Waals surface area (Å²) in [4.78, 5) is 21.4. The van der Waals surface area contributed by atoms with Gasteiger partial charge in [0.25, 0.3) is 0 Å². The predicted molar refractivity (Wildman–Crippen MR) is 72.9 cm³/mol. The molecule has 4 nitrogen and oxygen atoms in total. The molecule has 0 atom stereocenters. The molecule has 0 spiro atoms. The predicted octanol–water partition coefficient (Wildman–Crippen LogP) is 2.13. The van der Waals surface area contributed by atoms with E-state index in [-0.39, 0.29) is 11.0 Å². The quantitative estimate of drug-likeness (QED) is 0.868. The van der Waals surface area contributed by atoms with Gasteiger partial charge >= 0.3 is 5.97 Å². The molecule has 5 heteroatoms. The summed E-state index contributed by atoms with van der Waals surface area (Å²) >= 11 is 0. The first-order valence-corrected chi connectivity index (χ1v) is 5.90. The van der Waals surface area contributed by atoms with Crippen molar-refractivity contribution < 1.29 is 14.3 Å². The third-order valence-electron chi connectivity index (χ3n) is 2.69. The van der Waals surface area contributed by atoms with Gasteiger partial charge in [0.05, 0.1) is 0 Å². The lowest BCUT2D eigenvalue weighted by Crippen LogP contribution is -2.05. The normalized spacial score (nSPS) is 10.8. The molecule has 0 aliphatic rings. The molecule has 0 fully saturated rings. The maximum absolute atomic E-state index is 13.5. The van der Waals surface area contributed by atoms with Crippen molar-refractivity contribution in [2.75, 3.05) is 0 Å². The molecule has 20 heavy (non-hydrogen) atoms. The molecular formula is C15H12FNO3. The van der Waals surface area contributed by atoms with E-state index >= 15 is 0 Å². The third-order valence-corrected chi connectivity index (χ3v) is 2.69. The van der Waals surface area contributed by atoms with Crippen molar-refractivity contribution in [3.8, 4) is 0 Å². The van der Waals surface area contributed by atoms with Gasteiger partial charge in [-0.1, -0.05) is 6.07 Å². The summed E-state index contributed by atoms with van der Waals surface area (Å²) in [6, 6.07) is 7.36. The van der Waals surface area contributed by atoms with Crippen LogP contribution in [0.2, 0.25) is 0 Å². The summed E-state index contributed by atoms with van der Waals surface area (Å²) in [5.41, 5.74) is 0.941. The number of halogens is 1. The van der Waals surface area contributed by atoms with E-state index in [2.05, 4.69) is 0 Å². The molecule has 0 saturated carbocycles. The topological polar surface area (TPSA) is 59.3 Å². The van der Waals surface area contributed by atoms with Crippen LogP contribution < -0.4 is 5.43 Å². The molecule has 102 valence electrons. The van der Waals surface area contributed by atoms with E-state index in [0.717, 1.165) is 11.6 Å². The molecule has 2 aromatic rings. The van der Waals surface area contributed by atoms with E-state index in [0.29, 0.717) is 6.54 Å². The molecule has 0 saturated heterocycles. The van der Waals surface area contributed by atoms with Gasteiger partial charge in [0.2, 0.25) is 0 Å². The number of hydrogen-bond acceptors (Lipinski definition) is 2. The Morgan fingerprint density at radius 1 is 1.25 bits per heavy atom. The maximum atomic E-state index is 13.5. The van der Waals surface area contributed by atoms with Crippen LogP contribution in [0.15, 0.2) is 53.6 Å². The second-order valence-corrected chi connectivity index (χ2v) is 4.23. The summed E-state index contributed by atoms with van der Waals surface area (Å²) in [5, 5.41) is 8.55. The maximum Gasteiger partial charge on any atom is 0.328 e. The van der Waals surface area contributed by atoms with Gasteiger partial charge in [0.1, 0.15) is 5.82 Å². The monoisotopic (exact) mass is 273 g/mol. The lowest BCUT2D eigenvalue weighted by atomic mass is 10.1. The summed E-state index contributed by atoms with van der Waals surface area (Å²) in [6.07, 6.45) is 5.38. The first kappa shape index (κ1) is 13.7. The Balaban J connectivity index is 2.24. The van der Waals surface area contributed by atoms with Gasteiger partial charge in [-0.05, 0) is 23.8 Å². The Hall–Kier alpha value is -2.69. The molecule has 2 rings (SSSR count). The number of aliphatic carboxylic acids is 1.